The Kier molecular flexibility index (Phi) is 1.83. The van der Waals surface area contributed by atoms with Crippen LogP contribution in [0.5, 0.6) is 0 Å². The van der Waals surface area contributed by atoms with Crippen LogP contribution < -0.4 is 5.43 Å². The van der Waals surface area contributed by atoms with Gasteiger partial charge in [-0.05, 0) is 12.8 Å². The van der Waals surface area contributed by atoms with Gasteiger partial charge in [0, 0.05) is 0 Å². The van der Waals surface area contributed by atoms with Gasteiger partial charge in [-0.25, -0.2) is 4.68 Å². The Morgan fingerprint density at radius 3 is 2.93 bits per heavy atom. The zero-order valence-electron chi connectivity index (χ0n) is 8.31. The molecule has 0 aromatic carbocycles. The maximum absolute atomic E-state index is 11.5. The zero-order valence-corrected chi connectivity index (χ0v) is 8.31. The summed E-state index contributed by atoms with van der Waals surface area (Å²) in [5.74, 6) is 0. The van der Waals surface area contributed by atoms with Gasteiger partial charge in [0.05, 0.1) is 23.8 Å². The fourth-order valence-corrected chi connectivity index (χ4v) is 2.30. The van der Waals surface area contributed by atoms with Gasteiger partial charge < -0.3 is 0 Å². The summed E-state index contributed by atoms with van der Waals surface area (Å²) in [4.78, 5) is 11.5. The lowest BCUT2D eigenvalue weighted by molar-refractivity contribution is 0.477. The van der Waals surface area contributed by atoms with E-state index in [0.717, 1.165) is 18.5 Å². The third kappa shape index (κ3) is 1.26. The van der Waals surface area contributed by atoms with Crippen LogP contribution in [-0.4, -0.2) is 20.0 Å². The summed E-state index contributed by atoms with van der Waals surface area (Å²) in [5.41, 5.74) is 0.697. The van der Waals surface area contributed by atoms with Gasteiger partial charge >= 0.3 is 0 Å². The molecular formula is C10H12N4O. The summed E-state index contributed by atoms with van der Waals surface area (Å²) in [7, 11) is 0. The first-order valence-corrected chi connectivity index (χ1v) is 5.27. The van der Waals surface area contributed by atoms with E-state index in [1.165, 1.54) is 19.0 Å². The van der Waals surface area contributed by atoms with Crippen LogP contribution >= 0.6 is 0 Å². The van der Waals surface area contributed by atoms with Crippen LogP contribution in [0, 0.1) is 0 Å². The van der Waals surface area contributed by atoms with Gasteiger partial charge in [0.15, 0.2) is 5.65 Å². The number of H-pyrrole nitrogens is 1. The number of nitrogens with zero attached hydrogens (tertiary/aromatic N) is 3. The smallest absolute Gasteiger partial charge is 0.211 e. The molecule has 2 aromatic rings. The van der Waals surface area contributed by atoms with E-state index in [4.69, 9.17) is 0 Å². The van der Waals surface area contributed by atoms with E-state index in [0.29, 0.717) is 11.4 Å². The first-order valence-electron chi connectivity index (χ1n) is 5.27. The molecule has 78 valence electrons. The third-order valence-electron chi connectivity index (χ3n) is 3.08. The van der Waals surface area contributed by atoms with Gasteiger partial charge in [-0.15, -0.1) is 0 Å². The van der Waals surface area contributed by atoms with Crippen molar-refractivity contribution in [3.63, 3.8) is 0 Å². The highest BCUT2D eigenvalue weighted by Crippen LogP contribution is 2.30. The molecule has 0 radical (unpaired) electrons. The van der Waals surface area contributed by atoms with Gasteiger partial charge in [0.1, 0.15) is 0 Å². The van der Waals surface area contributed by atoms with Crippen molar-refractivity contribution in [2.75, 3.05) is 0 Å². The minimum atomic E-state index is -0.0620. The molecule has 0 amide bonds. The predicted octanol–water partition coefficient (Wildman–Crippen LogP) is 1.23. The van der Waals surface area contributed by atoms with Crippen molar-refractivity contribution < 1.29 is 0 Å². The van der Waals surface area contributed by atoms with E-state index in [1.54, 1.807) is 6.20 Å². The topological polar surface area (TPSA) is 63.6 Å². The molecular weight excluding hydrogens is 192 g/mol. The van der Waals surface area contributed by atoms with E-state index >= 15 is 0 Å². The first-order chi connectivity index (χ1) is 7.36. The molecule has 1 saturated carbocycles. The normalized spacial score (nSPS) is 17.6. The SMILES string of the molecule is O=c1cn[nH]c2c1cnn2C1CCCC1. The largest absolute Gasteiger partial charge is 0.287 e. The third-order valence-corrected chi connectivity index (χ3v) is 3.08. The fourth-order valence-electron chi connectivity index (χ4n) is 2.30. The highest BCUT2D eigenvalue weighted by molar-refractivity contribution is 5.73. The summed E-state index contributed by atoms with van der Waals surface area (Å²) in [6.07, 6.45) is 7.71. The standard InChI is InChI=1S/C10H12N4O/c15-9-6-11-13-10-8(9)5-12-14(10)7-3-1-2-4-7/h5-7H,1-4H2,(H,13,15). The summed E-state index contributed by atoms with van der Waals surface area (Å²) >= 11 is 0. The van der Waals surface area contributed by atoms with Crippen LogP contribution in [0.2, 0.25) is 0 Å². The Bertz CT molecular complexity index is 536. The molecule has 1 aliphatic rings. The molecule has 0 aliphatic heterocycles. The maximum atomic E-state index is 11.5. The van der Waals surface area contributed by atoms with Gasteiger partial charge in [0.2, 0.25) is 5.43 Å². The highest BCUT2D eigenvalue weighted by atomic mass is 16.1. The Morgan fingerprint density at radius 2 is 2.13 bits per heavy atom. The minimum absolute atomic E-state index is 0.0620. The number of rotatable bonds is 1. The molecule has 1 fully saturated rings. The van der Waals surface area contributed by atoms with Gasteiger partial charge in [-0.3, -0.25) is 9.89 Å². The van der Waals surface area contributed by atoms with Crippen LogP contribution in [0.1, 0.15) is 31.7 Å². The van der Waals surface area contributed by atoms with Gasteiger partial charge in [-0.1, -0.05) is 12.8 Å². The van der Waals surface area contributed by atoms with E-state index in [1.807, 2.05) is 4.68 Å². The Morgan fingerprint density at radius 1 is 1.33 bits per heavy atom. The van der Waals surface area contributed by atoms with E-state index in [9.17, 15) is 4.79 Å². The van der Waals surface area contributed by atoms with Crippen LogP contribution in [0.25, 0.3) is 11.0 Å². The molecule has 1 N–H and O–H groups in total. The van der Waals surface area contributed by atoms with Crippen LogP contribution in [0.3, 0.4) is 0 Å². The molecule has 3 rings (SSSR count). The molecule has 5 heteroatoms. The molecule has 1 aliphatic carbocycles. The van der Waals surface area contributed by atoms with Crippen molar-refractivity contribution in [1.82, 2.24) is 20.0 Å². The van der Waals surface area contributed by atoms with Crippen molar-refractivity contribution in [1.29, 1.82) is 0 Å². The molecule has 2 aromatic heterocycles. The monoisotopic (exact) mass is 204 g/mol. The van der Waals surface area contributed by atoms with E-state index < -0.39 is 0 Å². The van der Waals surface area contributed by atoms with Crippen molar-refractivity contribution in [3.05, 3.63) is 22.6 Å². The molecule has 0 unspecified atom stereocenters. The zero-order chi connectivity index (χ0) is 10.3. The second kappa shape index (κ2) is 3.18. The highest BCUT2D eigenvalue weighted by Gasteiger charge is 2.20. The lowest BCUT2D eigenvalue weighted by Gasteiger charge is -2.09. The summed E-state index contributed by atoms with van der Waals surface area (Å²) in [6, 6.07) is 0.433. The second-order valence-corrected chi connectivity index (χ2v) is 4.02. The number of hydrogen-bond acceptors (Lipinski definition) is 3. The molecule has 2 heterocycles. The molecule has 5 nitrogen and oxygen atoms in total. The molecule has 15 heavy (non-hydrogen) atoms. The van der Waals surface area contributed by atoms with Crippen LogP contribution in [-0.2, 0) is 0 Å². The van der Waals surface area contributed by atoms with Crippen molar-refractivity contribution in [3.8, 4) is 0 Å². The van der Waals surface area contributed by atoms with Crippen LogP contribution in [0.4, 0.5) is 0 Å². The fraction of sp³-hybridized carbons (Fsp3) is 0.500. The van der Waals surface area contributed by atoms with Crippen molar-refractivity contribution >= 4 is 11.0 Å². The molecule has 0 atom stereocenters. The van der Waals surface area contributed by atoms with Gasteiger partial charge in [0.25, 0.3) is 0 Å². The van der Waals surface area contributed by atoms with Crippen LogP contribution in [0.15, 0.2) is 17.2 Å². The number of aromatic nitrogens is 4. The number of nitrogens with one attached hydrogen (secondary N) is 1. The van der Waals surface area contributed by atoms with E-state index in [2.05, 4.69) is 15.3 Å². The average molecular weight is 204 g/mol. The molecule has 0 saturated heterocycles. The van der Waals surface area contributed by atoms with E-state index in [-0.39, 0.29) is 5.43 Å². The maximum Gasteiger partial charge on any atom is 0.211 e. The second-order valence-electron chi connectivity index (χ2n) is 4.02. The molecule has 0 spiro atoms. The summed E-state index contributed by atoms with van der Waals surface area (Å²) < 4.78 is 1.91. The Labute approximate surface area is 86.1 Å². The van der Waals surface area contributed by atoms with Crippen molar-refractivity contribution in [2.24, 2.45) is 0 Å². The van der Waals surface area contributed by atoms with Gasteiger partial charge in [-0.2, -0.15) is 10.2 Å². The number of fused-ring (bicyclic) bond motifs is 1. The molecule has 0 bridgehead atoms. The average Bonchev–Trinajstić information content (AvgIpc) is 2.85. The first kappa shape index (κ1) is 8.64. The quantitative estimate of drug-likeness (QED) is 0.760. The lowest BCUT2D eigenvalue weighted by Crippen LogP contribution is -2.09. The Hall–Kier alpha value is -1.65. The minimum Gasteiger partial charge on any atom is -0.287 e. The summed E-state index contributed by atoms with van der Waals surface area (Å²) in [5, 5.41) is 11.6. The van der Waals surface area contributed by atoms with Crippen molar-refractivity contribution in [2.45, 2.75) is 31.7 Å². The predicted molar refractivity (Wildman–Crippen MR) is 55.7 cm³/mol. The number of aromatic amines is 1. The lowest BCUT2D eigenvalue weighted by atomic mass is 10.2. The summed E-state index contributed by atoms with van der Waals surface area (Å²) in [6.45, 7) is 0. The number of hydrogen-bond donors (Lipinski definition) is 1. The Balaban J connectivity index is 2.19.